The lowest BCUT2D eigenvalue weighted by atomic mass is 10.2. The fourth-order valence-electron chi connectivity index (χ4n) is 2.72. The van der Waals surface area contributed by atoms with Crippen LogP contribution in [-0.4, -0.2) is 36.9 Å². The van der Waals surface area contributed by atoms with Crippen LogP contribution in [0.25, 0.3) is 11.2 Å². The fraction of sp³-hybridized carbons (Fsp3) is 0.105. The van der Waals surface area contributed by atoms with Crippen LogP contribution in [0.5, 0.6) is 0 Å². The molecular formula is C19H16F2N8O. The number of anilines is 4. The average Bonchev–Trinajstić information content (AvgIpc) is 3.21. The largest absolute Gasteiger partial charge is 0.357 e. The smallest absolute Gasteiger partial charge is 0.246 e. The van der Waals surface area contributed by atoms with Gasteiger partial charge in [0.05, 0.1) is 29.6 Å². The van der Waals surface area contributed by atoms with Gasteiger partial charge in [-0.05, 0) is 37.3 Å². The first-order chi connectivity index (χ1) is 14.5. The summed E-state index contributed by atoms with van der Waals surface area (Å²) in [5.41, 5.74) is 2.11. The maximum Gasteiger partial charge on any atom is 0.246 e. The van der Waals surface area contributed by atoms with Gasteiger partial charge in [-0.25, -0.2) is 24.3 Å². The fourth-order valence-corrected chi connectivity index (χ4v) is 2.72. The molecule has 9 nitrogen and oxygen atoms in total. The molecule has 0 fully saturated rings. The highest BCUT2D eigenvalue weighted by Crippen LogP contribution is 2.27. The van der Waals surface area contributed by atoms with Crippen LogP contribution in [-0.2, 0) is 4.79 Å². The van der Waals surface area contributed by atoms with Crippen LogP contribution < -0.4 is 16.0 Å². The number of nitrogens with zero attached hydrogens (tertiary/aromatic N) is 4. The van der Waals surface area contributed by atoms with Gasteiger partial charge in [0.2, 0.25) is 11.9 Å². The number of pyridine rings is 1. The Labute approximate surface area is 169 Å². The molecule has 1 atom stereocenters. The van der Waals surface area contributed by atoms with Crippen LogP contribution >= 0.6 is 0 Å². The third kappa shape index (κ3) is 4.14. The van der Waals surface area contributed by atoms with E-state index < -0.39 is 17.8 Å². The summed E-state index contributed by atoms with van der Waals surface area (Å²) in [5, 5.41) is 8.64. The molecule has 30 heavy (non-hydrogen) atoms. The zero-order valence-electron chi connectivity index (χ0n) is 15.6. The maximum absolute atomic E-state index is 13.8. The van der Waals surface area contributed by atoms with Crippen LogP contribution in [0, 0.1) is 11.8 Å². The Morgan fingerprint density at radius 1 is 1.07 bits per heavy atom. The van der Waals surface area contributed by atoms with Crippen LogP contribution in [0.4, 0.5) is 31.7 Å². The number of aromatic nitrogens is 5. The molecular weight excluding hydrogens is 394 g/mol. The zero-order valence-corrected chi connectivity index (χ0v) is 15.6. The Hall–Kier alpha value is -4.15. The predicted molar refractivity (Wildman–Crippen MR) is 107 cm³/mol. The zero-order chi connectivity index (χ0) is 21.1. The number of imidazole rings is 1. The lowest BCUT2D eigenvalue weighted by molar-refractivity contribution is -0.116. The van der Waals surface area contributed by atoms with Gasteiger partial charge >= 0.3 is 0 Å². The van der Waals surface area contributed by atoms with Gasteiger partial charge in [-0.3, -0.25) is 4.79 Å². The number of H-pyrrole nitrogens is 1. The number of nitrogens with one attached hydrogen (secondary N) is 4. The summed E-state index contributed by atoms with van der Waals surface area (Å²) < 4.78 is 26.8. The third-order valence-electron chi connectivity index (χ3n) is 4.21. The molecule has 0 aliphatic heterocycles. The van der Waals surface area contributed by atoms with E-state index in [1.165, 1.54) is 49.2 Å². The van der Waals surface area contributed by atoms with E-state index in [9.17, 15) is 13.6 Å². The number of aromatic amines is 1. The summed E-state index contributed by atoms with van der Waals surface area (Å²) in [6.45, 7) is 1.65. The quantitative estimate of drug-likeness (QED) is 0.360. The van der Waals surface area contributed by atoms with Crippen molar-refractivity contribution in [3.8, 4) is 0 Å². The topological polar surface area (TPSA) is 121 Å². The lowest BCUT2D eigenvalue weighted by Gasteiger charge is -2.17. The van der Waals surface area contributed by atoms with Crippen molar-refractivity contribution in [3.05, 3.63) is 60.9 Å². The van der Waals surface area contributed by atoms with Crippen molar-refractivity contribution in [2.24, 2.45) is 0 Å². The maximum atomic E-state index is 13.8. The number of hydrogen-bond acceptors (Lipinski definition) is 7. The second-order valence-electron chi connectivity index (χ2n) is 6.36. The first-order valence-electron chi connectivity index (χ1n) is 8.89. The minimum Gasteiger partial charge on any atom is -0.357 e. The summed E-state index contributed by atoms with van der Waals surface area (Å²) in [6, 6.07) is 5.80. The number of amides is 1. The molecule has 0 unspecified atom stereocenters. The van der Waals surface area contributed by atoms with Crippen molar-refractivity contribution in [3.63, 3.8) is 0 Å². The number of fused-ring (bicyclic) bond motifs is 1. The van der Waals surface area contributed by atoms with Crippen molar-refractivity contribution in [2.45, 2.75) is 13.0 Å². The molecule has 1 amide bonds. The van der Waals surface area contributed by atoms with Crippen molar-refractivity contribution < 1.29 is 13.6 Å². The Balaban J connectivity index is 1.51. The van der Waals surface area contributed by atoms with E-state index in [2.05, 4.69) is 40.9 Å². The van der Waals surface area contributed by atoms with Gasteiger partial charge in [0, 0.05) is 0 Å². The van der Waals surface area contributed by atoms with Gasteiger partial charge in [-0.1, -0.05) is 0 Å². The molecule has 3 aromatic heterocycles. The predicted octanol–water partition coefficient (Wildman–Crippen LogP) is 3.21. The van der Waals surface area contributed by atoms with Gasteiger partial charge in [-0.15, -0.1) is 0 Å². The number of halogens is 2. The van der Waals surface area contributed by atoms with Crippen molar-refractivity contribution in [1.29, 1.82) is 0 Å². The monoisotopic (exact) mass is 410 g/mol. The Kier molecular flexibility index (Phi) is 5.16. The molecule has 11 heteroatoms. The van der Waals surface area contributed by atoms with E-state index in [4.69, 9.17) is 0 Å². The molecule has 0 saturated heterocycles. The Morgan fingerprint density at radius 3 is 2.73 bits per heavy atom. The molecule has 152 valence electrons. The molecule has 4 N–H and O–H groups in total. The van der Waals surface area contributed by atoms with Crippen molar-refractivity contribution in [2.75, 3.05) is 16.0 Å². The van der Waals surface area contributed by atoms with Crippen molar-refractivity contribution in [1.82, 2.24) is 24.9 Å². The van der Waals surface area contributed by atoms with Crippen LogP contribution in [0.2, 0.25) is 0 Å². The second kappa shape index (κ2) is 8.07. The molecule has 0 aliphatic rings. The van der Waals surface area contributed by atoms with E-state index in [1.807, 2.05) is 0 Å². The first kappa shape index (κ1) is 19.2. The van der Waals surface area contributed by atoms with Gasteiger partial charge < -0.3 is 20.9 Å². The van der Waals surface area contributed by atoms with E-state index >= 15 is 0 Å². The van der Waals surface area contributed by atoms with Gasteiger partial charge in [0.25, 0.3) is 0 Å². The van der Waals surface area contributed by atoms with E-state index in [0.29, 0.717) is 34.0 Å². The minimum absolute atomic E-state index is 0.292. The van der Waals surface area contributed by atoms with E-state index in [-0.39, 0.29) is 5.91 Å². The van der Waals surface area contributed by atoms with Gasteiger partial charge in [0.1, 0.15) is 23.7 Å². The summed E-state index contributed by atoms with van der Waals surface area (Å²) in [7, 11) is 0. The normalized spacial score (nSPS) is 11.8. The number of rotatable bonds is 6. The standard InChI is InChI=1S/C19H16F2N8O/c1-10(27-18-16-17(24-8-23-16)25-9-26-18)19(30)29-13-4-2-11(20)6-14(13)28-12-3-5-15(21)22-7-12/h2-10,28H,1H3,(H,29,30)(H2,23,24,25,26,27)/t10-/m0/s1. The molecule has 4 aromatic rings. The highest BCUT2D eigenvalue weighted by atomic mass is 19.1. The first-order valence-corrected chi connectivity index (χ1v) is 8.89. The lowest BCUT2D eigenvalue weighted by Crippen LogP contribution is -2.32. The van der Waals surface area contributed by atoms with E-state index in [1.54, 1.807) is 6.92 Å². The van der Waals surface area contributed by atoms with Crippen LogP contribution in [0.15, 0.2) is 49.2 Å². The molecule has 0 bridgehead atoms. The summed E-state index contributed by atoms with van der Waals surface area (Å²) in [4.78, 5) is 31.4. The minimum atomic E-state index is -0.690. The molecule has 0 spiro atoms. The SMILES string of the molecule is C[C@H](Nc1ncnc2[nH]cnc12)C(=O)Nc1ccc(F)cc1Nc1ccc(F)nc1. The molecule has 1 aromatic carbocycles. The summed E-state index contributed by atoms with van der Waals surface area (Å²) in [5.74, 6) is -1.12. The van der Waals surface area contributed by atoms with E-state index in [0.717, 1.165) is 0 Å². The molecule has 0 saturated carbocycles. The number of carbonyl (C=O) groups excluding carboxylic acids is 1. The Morgan fingerprint density at radius 2 is 1.93 bits per heavy atom. The highest BCUT2D eigenvalue weighted by molar-refractivity contribution is 5.99. The van der Waals surface area contributed by atoms with Gasteiger partial charge in [0.15, 0.2) is 11.5 Å². The molecule has 4 rings (SSSR count). The second-order valence-corrected chi connectivity index (χ2v) is 6.36. The Bertz CT molecular complexity index is 1190. The van der Waals surface area contributed by atoms with Gasteiger partial charge in [-0.2, -0.15) is 4.39 Å². The summed E-state index contributed by atoms with van der Waals surface area (Å²) >= 11 is 0. The average molecular weight is 410 g/mol. The third-order valence-corrected chi connectivity index (χ3v) is 4.21. The number of hydrogen-bond donors (Lipinski definition) is 4. The molecule has 3 heterocycles. The van der Waals surface area contributed by atoms with Crippen LogP contribution in [0.1, 0.15) is 6.92 Å². The molecule has 0 aliphatic carbocycles. The number of benzene rings is 1. The highest BCUT2D eigenvalue weighted by Gasteiger charge is 2.17. The number of carbonyl (C=O) groups is 1. The molecule has 0 radical (unpaired) electrons. The van der Waals surface area contributed by atoms with Crippen molar-refractivity contribution >= 4 is 40.0 Å². The van der Waals surface area contributed by atoms with Crippen LogP contribution in [0.3, 0.4) is 0 Å². The summed E-state index contributed by atoms with van der Waals surface area (Å²) in [6.07, 6.45) is 4.10.